The van der Waals surface area contributed by atoms with E-state index in [0.717, 1.165) is 43.3 Å². The first kappa shape index (κ1) is 21.1. The van der Waals surface area contributed by atoms with Crippen LogP contribution in [0.15, 0.2) is 47.6 Å². The van der Waals surface area contributed by atoms with Crippen molar-refractivity contribution in [1.82, 2.24) is 15.2 Å². The van der Waals surface area contributed by atoms with E-state index in [-0.39, 0.29) is 5.91 Å². The third-order valence-electron chi connectivity index (χ3n) is 4.56. The zero-order valence-corrected chi connectivity index (χ0v) is 17.5. The number of carbonyl (C=O) groups excluding carboxylic acids is 1. The van der Waals surface area contributed by atoms with Crippen molar-refractivity contribution in [2.75, 3.05) is 32.7 Å². The summed E-state index contributed by atoms with van der Waals surface area (Å²) < 4.78 is 0. The van der Waals surface area contributed by atoms with Crippen molar-refractivity contribution >= 4 is 46.9 Å². The minimum Gasteiger partial charge on any atom is -0.296 e. The van der Waals surface area contributed by atoms with Gasteiger partial charge in [-0.25, -0.2) is 5.43 Å². The predicted octanol–water partition coefficient (Wildman–Crippen LogP) is 3.91. The lowest BCUT2D eigenvalue weighted by Gasteiger charge is -2.34. The molecule has 0 aliphatic carbocycles. The van der Waals surface area contributed by atoms with Crippen LogP contribution in [0.4, 0.5) is 0 Å². The zero-order valence-electron chi connectivity index (χ0n) is 15.2. The van der Waals surface area contributed by atoms with Gasteiger partial charge < -0.3 is 0 Å². The van der Waals surface area contributed by atoms with E-state index in [0.29, 0.717) is 22.2 Å². The molecule has 0 radical (unpaired) electrons. The number of nitrogens with zero attached hydrogens (tertiary/aromatic N) is 3. The summed E-state index contributed by atoms with van der Waals surface area (Å²) in [5.41, 5.74) is 4.32. The zero-order chi connectivity index (χ0) is 19.9. The molecule has 148 valence electrons. The molecule has 0 saturated carbocycles. The number of hydrogen-bond acceptors (Lipinski definition) is 4. The summed E-state index contributed by atoms with van der Waals surface area (Å²) in [6.07, 6.45) is 1.49. The van der Waals surface area contributed by atoms with Crippen LogP contribution >= 0.6 is 34.8 Å². The van der Waals surface area contributed by atoms with Crippen LogP contribution in [-0.4, -0.2) is 54.6 Å². The highest BCUT2D eigenvalue weighted by Crippen LogP contribution is 2.24. The Morgan fingerprint density at radius 2 is 1.64 bits per heavy atom. The molecule has 3 rings (SSSR count). The van der Waals surface area contributed by atoms with E-state index in [1.54, 1.807) is 18.2 Å². The van der Waals surface area contributed by atoms with E-state index in [1.807, 2.05) is 24.3 Å². The number of amides is 1. The second kappa shape index (κ2) is 10.2. The van der Waals surface area contributed by atoms with Crippen LogP contribution in [0.2, 0.25) is 15.1 Å². The standard InChI is InChI=1S/C20H21Cl3N4O/c21-17-6-2-1-4-16(17)13-26-8-10-27(11-9-26)14-19(28)25-24-12-15-5-3-7-18(22)20(15)23/h1-7,12H,8-11,13-14H2,(H,25,28)/b24-12-. The van der Waals surface area contributed by atoms with E-state index in [1.165, 1.54) is 6.21 Å². The van der Waals surface area contributed by atoms with Crippen LogP contribution in [0, 0.1) is 0 Å². The third kappa shape index (κ3) is 5.93. The van der Waals surface area contributed by atoms with Crippen molar-refractivity contribution in [3.63, 3.8) is 0 Å². The fourth-order valence-corrected chi connectivity index (χ4v) is 3.56. The Kier molecular flexibility index (Phi) is 7.71. The molecule has 0 spiro atoms. The van der Waals surface area contributed by atoms with E-state index in [4.69, 9.17) is 34.8 Å². The first-order chi connectivity index (χ1) is 13.5. The van der Waals surface area contributed by atoms with Crippen LogP contribution in [0.5, 0.6) is 0 Å². The monoisotopic (exact) mass is 438 g/mol. The van der Waals surface area contributed by atoms with Gasteiger partial charge in [0.1, 0.15) is 0 Å². The number of halogens is 3. The summed E-state index contributed by atoms with van der Waals surface area (Å²) in [6.45, 7) is 4.55. The Bertz CT molecular complexity index is 851. The smallest absolute Gasteiger partial charge is 0.254 e. The van der Waals surface area contributed by atoms with E-state index >= 15 is 0 Å². The number of hydrazone groups is 1. The molecule has 28 heavy (non-hydrogen) atoms. The molecule has 1 heterocycles. The topological polar surface area (TPSA) is 47.9 Å². The van der Waals surface area contributed by atoms with Gasteiger partial charge in [0.05, 0.1) is 22.8 Å². The van der Waals surface area contributed by atoms with Crippen molar-refractivity contribution in [2.24, 2.45) is 5.10 Å². The minimum absolute atomic E-state index is 0.158. The second-order valence-electron chi connectivity index (χ2n) is 6.58. The van der Waals surface area contributed by atoms with Crippen LogP contribution in [-0.2, 0) is 11.3 Å². The van der Waals surface area contributed by atoms with E-state index in [9.17, 15) is 4.79 Å². The first-order valence-electron chi connectivity index (χ1n) is 8.97. The number of piperazine rings is 1. The van der Waals surface area contributed by atoms with Gasteiger partial charge in [-0.15, -0.1) is 0 Å². The highest BCUT2D eigenvalue weighted by atomic mass is 35.5. The average Bonchev–Trinajstić information content (AvgIpc) is 2.68. The number of nitrogens with one attached hydrogen (secondary N) is 1. The Balaban J connectivity index is 1.42. The SMILES string of the molecule is O=C(CN1CCN(Cc2ccccc2Cl)CC1)N/N=C\c1cccc(Cl)c1Cl. The van der Waals surface area contributed by atoms with Gasteiger partial charge in [-0.3, -0.25) is 14.6 Å². The second-order valence-corrected chi connectivity index (χ2v) is 7.77. The van der Waals surface area contributed by atoms with Crippen LogP contribution < -0.4 is 5.43 Å². The van der Waals surface area contributed by atoms with Crippen LogP contribution in [0.1, 0.15) is 11.1 Å². The molecule has 1 saturated heterocycles. The molecule has 8 heteroatoms. The number of hydrogen-bond donors (Lipinski definition) is 1. The Morgan fingerprint density at radius 3 is 2.39 bits per heavy atom. The number of benzene rings is 2. The normalized spacial score (nSPS) is 15.8. The summed E-state index contributed by atoms with van der Waals surface area (Å²) >= 11 is 18.3. The van der Waals surface area contributed by atoms with Crippen molar-refractivity contribution in [3.8, 4) is 0 Å². The van der Waals surface area contributed by atoms with Gasteiger partial charge in [-0.2, -0.15) is 5.10 Å². The Hall–Kier alpha value is -1.63. The lowest BCUT2D eigenvalue weighted by molar-refractivity contribution is -0.122. The maximum atomic E-state index is 12.1. The van der Waals surface area contributed by atoms with Crippen molar-refractivity contribution in [1.29, 1.82) is 0 Å². The summed E-state index contributed by atoms with van der Waals surface area (Å²) in [7, 11) is 0. The molecule has 1 amide bonds. The third-order valence-corrected chi connectivity index (χ3v) is 5.76. The molecule has 1 aliphatic rings. The first-order valence-corrected chi connectivity index (χ1v) is 10.1. The predicted molar refractivity (Wildman–Crippen MR) is 115 cm³/mol. The highest BCUT2D eigenvalue weighted by Gasteiger charge is 2.19. The fraction of sp³-hybridized carbons (Fsp3) is 0.300. The van der Waals surface area contributed by atoms with Crippen LogP contribution in [0.25, 0.3) is 0 Å². The molecule has 2 aromatic rings. The fourth-order valence-electron chi connectivity index (χ4n) is 3.01. The van der Waals surface area contributed by atoms with Crippen molar-refractivity contribution < 1.29 is 4.79 Å². The quantitative estimate of drug-likeness (QED) is 0.548. The van der Waals surface area contributed by atoms with E-state index in [2.05, 4.69) is 20.3 Å². The lowest BCUT2D eigenvalue weighted by Crippen LogP contribution is -2.48. The maximum Gasteiger partial charge on any atom is 0.254 e. The lowest BCUT2D eigenvalue weighted by atomic mass is 10.2. The molecule has 1 N–H and O–H groups in total. The Labute approximate surface area is 179 Å². The van der Waals surface area contributed by atoms with Gasteiger partial charge in [-0.1, -0.05) is 65.1 Å². The van der Waals surface area contributed by atoms with Crippen molar-refractivity contribution in [2.45, 2.75) is 6.54 Å². The van der Waals surface area contributed by atoms with Gasteiger partial charge in [0.25, 0.3) is 5.91 Å². The largest absolute Gasteiger partial charge is 0.296 e. The van der Waals surface area contributed by atoms with Gasteiger partial charge in [-0.05, 0) is 17.7 Å². The molecule has 5 nitrogen and oxygen atoms in total. The van der Waals surface area contributed by atoms with Gasteiger partial charge in [0.15, 0.2) is 0 Å². The van der Waals surface area contributed by atoms with Crippen molar-refractivity contribution in [3.05, 3.63) is 68.7 Å². The average molecular weight is 440 g/mol. The van der Waals surface area contributed by atoms with Gasteiger partial charge in [0, 0.05) is 43.3 Å². The van der Waals surface area contributed by atoms with E-state index < -0.39 is 0 Å². The molecule has 1 fully saturated rings. The summed E-state index contributed by atoms with van der Waals surface area (Å²) in [6, 6.07) is 13.2. The highest BCUT2D eigenvalue weighted by molar-refractivity contribution is 6.43. The summed E-state index contributed by atoms with van der Waals surface area (Å²) in [5, 5.41) is 5.63. The number of carbonyl (C=O) groups is 1. The molecule has 0 bridgehead atoms. The van der Waals surface area contributed by atoms with Crippen LogP contribution in [0.3, 0.4) is 0 Å². The molecule has 0 aromatic heterocycles. The summed E-state index contributed by atoms with van der Waals surface area (Å²) in [4.78, 5) is 16.6. The molecular formula is C20H21Cl3N4O. The summed E-state index contributed by atoms with van der Waals surface area (Å²) in [5.74, 6) is -0.158. The van der Waals surface area contributed by atoms with Gasteiger partial charge in [0.2, 0.25) is 0 Å². The number of rotatable bonds is 6. The minimum atomic E-state index is -0.158. The molecule has 0 unspecified atom stereocenters. The maximum absolute atomic E-state index is 12.1. The molecule has 2 aromatic carbocycles. The van der Waals surface area contributed by atoms with Gasteiger partial charge >= 0.3 is 0 Å². The molecular weight excluding hydrogens is 419 g/mol. The Morgan fingerprint density at radius 1 is 0.964 bits per heavy atom. The molecule has 1 aliphatic heterocycles. The molecule has 0 atom stereocenters.